The minimum atomic E-state index is 0.0802. The lowest BCUT2D eigenvalue weighted by atomic mass is 9.88. The number of carbonyl (C=O) groups is 1. The molecular formula is C16H24N2O3. The van der Waals surface area contributed by atoms with Crippen LogP contribution >= 0.6 is 0 Å². The third-order valence-corrected chi connectivity index (χ3v) is 4.09. The Bertz CT molecular complexity index is 486. The smallest absolute Gasteiger partial charge is 0.223 e. The summed E-state index contributed by atoms with van der Waals surface area (Å²) in [6, 6.07) is 5.83. The molecule has 0 spiro atoms. The zero-order valence-electron chi connectivity index (χ0n) is 12.9. The Labute approximate surface area is 126 Å². The lowest BCUT2D eigenvalue weighted by Crippen LogP contribution is -2.49. The molecule has 2 rings (SSSR count). The van der Waals surface area contributed by atoms with E-state index in [1.54, 1.807) is 14.2 Å². The van der Waals surface area contributed by atoms with Crippen LogP contribution in [0, 0.1) is 11.8 Å². The predicted molar refractivity (Wildman–Crippen MR) is 81.8 cm³/mol. The fourth-order valence-electron chi connectivity index (χ4n) is 2.41. The fraction of sp³-hybridized carbons (Fsp3) is 0.562. The quantitative estimate of drug-likeness (QED) is 0.793. The molecule has 0 radical (unpaired) electrons. The summed E-state index contributed by atoms with van der Waals surface area (Å²) in [7, 11) is 3.24. The molecule has 1 heterocycles. The zero-order chi connectivity index (χ0) is 15.2. The molecule has 1 aromatic rings. The molecule has 1 aliphatic heterocycles. The van der Waals surface area contributed by atoms with Gasteiger partial charge in [0.25, 0.3) is 0 Å². The van der Waals surface area contributed by atoms with Crippen molar-refractivity contribution in [1.82, 2.24) is 10.6 Å². The number of amides is 1. The maximum atomic E-state index is 12.0. The molecule has 1 aromatic carbocycles. The third-order valence-electron chi connectivity index (χ3n) is 4.09. The van der Waals surface area contributed by atoms with Crippen LogP contribution in [0.5, 0.6) is 11.5 Å². The minimum absolute atomic E-state index is 0.0802. The number of rotatable bonds is 7. The van der Waals surface area contributed by atoms with Crippen LogP contribution < -0.4 is 20.1 Å². The maximum absolute atomic E-state index is 12.0. The molecule has 116 valence electrons. The first-order chi connectivity index (χ1) is 10.2. The predicted octanol–water partition coefficient (Wildman–Crippen LogP) is 1.22. The molecule has 0 saturated carbocycles. The van der Waals surface area contributed by atoms with Crippen molar-refractivity contribution in [1.29, 1.82) is 0 Å². The van der Waals surface area contributed by atoms with Gasteiger partial charge in [-0.2, -0.15) is 0 Å². The minimum Gasteiger partial charge on any atom is -0.493 e. The molecule has 0 aromatic heterocycles. The molecule has 2 N–H and O–H groups in total. The van der Waals surface area contributed by atoms with Crippen molar-refractivity contribution in [3.63, 3.8) is 0 Å². The Morgan fingerprint density at radius 3 is 2.62 bits per heavy atom. The summed E-state index contributed by atoms with van der Waals surface area (Å²) in [5, 5.41) is 6.20. The second kappa shape index (κ2) is 7.31. The largest absolute Gasteiger partial charge is 0.493 e. The lowest BCUT2D eigenvalue weighted by Gasteiger charge is -2.31. The first-order valence-corrected chi connectivity index (χ1v) is 7.35. The van der Waals surface area contributed by atoms with Gasteiger partial charge in [0.15, 0.2) is 11.5 Å². The van der Waals surface area contributed by atoms with E-state index in [4.69, 9.17) is 9.47 Å². The molecule has 5 nitrogen and oxygen atoms in total. The van der Waals surface area contributed by atoms with Crippen LogP contribution in [-0.4, -0.2) is 39.8 Å². The summed E-state index contributed by atoms with van der Waals surface area (Å²) in [5.41, 5.74) is 1.12. The average Bonchev–Trinajstić information content (AvgIpc) is 2.45. The molecule has 1 saturated heterocycles. The second-order valence-corrected chi connectivity index (χ2v) is 5.44. The first-order valence-electron chi connectivity index (χ1n) is 7.35. The van der Waals surface area contributed by atoms with Crippen LogP contribution in [0.1, 0.15) is 12.5 Å². The van der Waals surface area contributed by atoms with Crippen LogP contribution in [0.3, 0.4) is 0 Å². The Morgan fingerprint density at radius 1 is 1.33 bits per heavy atom. The van der Waals surface area contributed by atoms with E-state index in [1.165, 1.54) is 0 Å². The van der Waals surface area contributed by atoms with Crippen LogP contribution in [0.25, 0.3) is 0 Å². The van der Waals surface area contributed by atoms with Crippen molar-refractivity contribution in [2.75, 3.05) is 33.9 Å². The van der Waals surface area contributed by atoms with Crippen molar-refractivity contribution in [2.24, 2.45) is 11.8 Å². The Hall–Kier alpha value is -1.75. The van der Waals surface area contributed by atoms with Gasteiger partial charge in [-0.25, -0.2) is 0 Å². The molecule has 21 heavy (non-hydrogen) atoms. The Kier molecular flexibility index (Phi) is 5.44. The first kappa shape index (κ1) is 15.6. The number of hydrogen-bond acceptors (Lipinski definition) is 4. The summed E-state index contributed by atoms with van der Waals surface area (Å²) in [6.07, 6.45) is 0.779. The van der Waals surface area contributed by atoms with Gasteiger partial charge in [-0.1, -0.05) is 13.0 Å². The Balaban J connectivity index is 1.81. The molecule has 0 bridgehead atoms. The normalized spacial score (nSPS) is 16.0. The number of nitrogens with one attached hydrogen (secondary N) is 2. The SMILES string of the molecule is COc1ccc(CCNC(=O)C(C)C2CNC2)cc1OC. The average molecular weight is 292 g/mol. The topological polar surface area (TPSA) is 59.6 Å². The van der Waals surface area contributed by atoms with Gasteiger partial charge < -0.3 is 20.1 Å². The van der Waals surface area contributed by atoms with Crippen molar-refractivity contribution in [3.05, 3.63) is 23.8 Å². The molecule has 1 unspecified atom stereocenters. The van der Waals surface area contributed by atoms with E-state index in [1.807, 2.05) is 25.1 Å². The van der Waals surface area contributed by atoms with E-state index >= 15 is 0 Å². The molecule has 0 aliphatic carbocycles. The molecule has 5 heteroatoms. The molecule has 1 fully saturated rings. The number of methoxy groups -OCH3 is 2. The van der Waals surface area contributed by atoms with Crippen LogP contribution in [-0.2, 0) is 11.2 Å². The van der Waals surface area contributed by atoms with Crippen molar-refractivity contribution < 1.29 is 14.3 Å². The van der Waals surface area contributed by atoms with Gasteiger partial charge >= 0.3 is 0 Å². The van der Waals surface area contributed by atoms with Crippen molar-refractivity contribution >= 4 is 5.91 Å². The standard InChI is InChI=1S/C16H24N2O3/c1-11(13-9-17-10-13)16(19)18-7-6-12-4-5-14(20-2)15(8-12)21-3/h4-5,8,11,13,17H,6-7,9-10H2,1-3H3,(H,18,19). The van der Waals surface area contributed by atoms with Gasteiger partial charge in [-0.05, 0) is 43.1 Å². The maximum Gasteiger partial charge on any atom is 0.223 e. The van der Waals surface area contributed by atoms with E-state index in [9.17, 15) is 4.79 Å². The molecule has 1 atom stereocenters. The second-order valence-electron chi connectivity index (χ2n) is 5.44. The van der Waals surface area contributed by atoms with Gasteiger partial charge in [0, 0.05) is 12.5 Å². The number of carbonyl (C=O) groups excluding carboxylic acids is 1. The number of hydrogen-bond donors (Lipinski definition) is 2. The van der Waals surface area contributed by atoms with E-state index in [-0.39, 0.29) is 11.8 Å². The summed E-state index contributed by atoms with van der Waals surface area (Å²) in [5.74, 6) is 2.14. The highest BCUT2D eigenvalue weighted by atomic mass is 16.5. The van der Waals surface area contributed by atoms with E-state index < -0.39 is 0 Å². The molecule has 1 amide bonds. The number of benzene rings is 1. The van der Waals surface area contributed by atoms with Gasteiger partial charge in [0.2, 0.25) is 5.91 Å². The summed E-state index contributed by atoms with van der Waals surface area (Å²) in [4.78, 5) is 12.0. The zero-order valence-corrected chi connectivity index (χ0v) is 12.9. The van der Waals surface area contributed by atoms with Crippen LogP contribution in [0.4, 0.5) is 0 Å². The van der Waals surface area contributed by atoms with Gasteiger partial charge in [-0.15, -0.1) is 0 Å². The van der Waals surface area contributed by atoms with Crippen LogP contribution in [0.2, 0.25) is 0 Å². The van der Waals surface area contributed by atoms with Crippen molar-refractivity contribution in [2.45, 2.75) is 13.3 Å². The fourth-order valence-corrected chi connectivity index (χ4v) is 2.41. The summed E-state index contributed by atoms with van der Waals surface area (Å²) in [6.45, 7) is 4.53. The highest BCUT2D eigenvalue weighted by molar-refractivity contribution is 5.78. The Morgan fingerprint density at radius 2 is 2.05 bits per heavy atom. The van der Waals surface area contributed by atoms with E-state index in [2.05, 4.69) is 10.6 Å². The van der Waals surface area contributed by atoms with Crippen LogP contribution in [0.15, 0.2) is 18.2 Å². The lowest BCUT2D eigenvalue weighted by molar-refractivity contribution is -0.126. The van der Waals surface area contributed by atoms with Crippen molar-refractivity contribution in [3.8, 4) is 11.5 Å². The van der Waals surface area contributed by atoms with Gasteiger partial charge in [0.1, 0.15) is 0 Å². The van der Waals surface area contributed by atoms with Gasteiger partial charge in [0.05, 0.1) is 14.2 Å². The van der Waals surface area contributed by atoms with E-state index in [0.717, 1.165) is 36.6 Å². The summed E-state index contributed by atoms with van der Waals surface area (Å²) >= 11 is 0. The van der Waals surface area contributed by atoms with E-state index in [0.29, 0.717) is 12.5 Å². The highest BCUT2D eigenvalue weighted by Gasteiger charge is 2.28. The third kappa shape index (κ3) is 3.88. The highest BCUT2D eigenvalue weighted by Crippen LogP contribution is 2.27. The van der Waals surface area contributed by atoms with Gasteiger partial charge in [-0.3, -0.25) is 4.79 Å². The summed E-state index contributed by atoms with van der Waals surface area (Å²) < 4.78 is 10.5. The number of ether oxygens (including phenoxy) is 2. The monoisotopic (exact) mass is 292 g/mol. The molecule has 1 aliphatic rings. The molecular weight excluding hydrogens is 268 g/mol.